The molecule has 0 atom stereocenters. The molecule has 0 aliphatic heterocycles. The highest BCUT2D eigenvalue weighted by atomic mass is 19.2. The van der Waals surface area contributed by atoms with Crippen molar-refractivity contribution < 1.29 is 22.4 Å². The van der Waals surface area contributed by atoms with Crippen molar-refractivity contribution in [2.75, 3.05) is 11.9 Å². The first-order valence-corrected chi connectivity index (χ1v) is 5.59. The molecule has 2 nitrogen and oxygen atoms in total. The first-order valence-electron chi connectivity index (χ1n) is 5.59. The van der Waals surface area contributed by atoms with Gasteiger partial charge in [0.15, 0.2) is 17.5 Å². The predicted octanol–water partition coefficient (Wildman–Crippen LogP) is 3.52. The Hall–Kier alpha value is -2.37. The smallest absolute Gasteiger partial charge is 0.258 e. The third-order valence-corrected chi connectivity index (χ3v) is 2.75. The second kappa shape index (κ2) is 5.32. The van der Waals surface area contributed by atoms with Crippen molar-refractivity contribution in [3.8, 4) is 0 Å². The normalized spacial score (nSPS) is 10.4. The summed E-state index contributed by atoms with van der Waals surface area (Å²) in [7, 11) is 1.25. The topological polar surface area (TPSA) is 20.3 Å². The van der Waals surface area contributed by atoms with Crippen LogP contribution in [0.4, 0.5) is 23.2 Å². The van der Waals surface area contributed by atoms with Crippen molar-refractivity contribution in [2.24, 2.45) is 0 Å². The Morgan fingerprint density at radius 2 is 1.50 bits per heavy atom. The zero-order valence-electron chi connectivity index (χ0n) is 10.3. The fraction of sp³-hybridized carbons (Fsp3) is 0.0714. The number of nitrogens with zero attached hydrogens (tertiary/aromatic N) is 1. The molecule has 0 bridgehead atoms. The maximum atomic E-state index is 13.5. The van der Waals surface area contributed by atoms with Crippen LogP contribution in [0.5, 0.6) is 0 Å². The lowest BCUT2D eigenvalue weighted by atomic mass is 10.1. The highest BCUT2D eigenvalue weighted by Crippen LogP contribution is 2.21. The van der Waals surface area contributed by atoms with E-state index in [1.807, 2.05) is 0 Å². The monoisotopic (exact) mass is 283 g/mol. The summed E-state index contributed by atoms with van der Waals surface area (Å²) in [6.45, 7) is 0. The summed E-state index contributed by atoms with van der Waals surface area (Å²) >= 11 is 0. The van der Waals surface area contributed by atoms with Gasteiger partial charge in [-0.1, -0.05) is 12.1 Å². The van der Waals surface area contributed by atoms with E-state index in [0.29, 0.717) is 12.1 Å². The molecule has 0 heterocycles. The summed E-state index contributed by atoms with van der Waals surface area (Å²) < 4.78 is 52.5. The molecule has 20 heavy (non-hydrogen) atoms. The van der Waals surface area contributed by atoms with Gasteiger partial charge in [-0.05, 0) is 24.3 Å². The van der Waals surface area contributed by atoms with E-state index in [4.69, 9.17) is 0 Å². The van der Waals surface area contributed by atoms with Gasteiger partial charge >= 0.3 is 0 Å². The summed E-state index contributed by atoms with van der Waals surface area (Å²) in [6, 6.07) is 6.56. The molecule has 0 saturated carbocycles. The summed E-state index contributed by atoms with van der Waals surface area (Å²) in [4.78, 5) is 12.9. The molecule has 2 aromatic carbocycles. The zero-order chi connectivity index (χ0) is 14.9. The number of anilines is 1. The molecule has 2 aromatic rings. The van der Waals surface area contributed by atoms with E-state index in [1.165, 1.54) is 25.2 Å². The molecule has 2 rings (SSSR count). The SMILES string of the molecule is CN(C(=O)c1cc(F)c(F)c(F)c1)c1ccccc1F. The second-order valence-corrected chi connectivity index (χ2v) is 4.07. The number of halogens is 4. The number of amides is 1. The van der Waals surface area contributed by atoms with Gasteiger partial charge in [-0.2, -0.15) is 0 Å². The van der Waals surface area contributed by atoms with Crippen molar-refractivity contribution in [2.45, 2.75) is 0 Å². The largest absolute Gasteiger partial charge is 0.309 e. The average molecular weight is 283 g/mol. The van der Waals surface area contributed by atoms with Crippen LogP contribution in [0.15, 0.2) is 36.4 Å². The van der Waals surface area contributed by atoms with E-state index >= 15 is 0 Å². The highest BCUT2D eigenvalue weighted by molar-refractivity contribution is 6.05. The van der Waals surface area contributed by atoms with Crippen LogP contribution >= 0.6 is 0 Å². The van der Waals surface area contributed by atoms with Crippen LogP contribution in [-0.2, 0) is 0 Å². The van der Waals surface area contributed by atoms with Crippen LogP contribution in [0, 0.1) is 23.3 Å². The number of para-hydroxylation sites is 1. The number of carbonyl (C=O) groups is 1. The van der Waals surface area contributed by atoms with Gasteiger partial charge in [0.25, 0.3) is 5.91 Å². The van der Waals surface area contributed by atoms with Crippen molar-refractivity contribution in [1.29, 1.82) is 0 Å². The van der Waals surface area contributed by atoms with E-state index in [-0.39, 0.29) is 5.69 Å². The Balaban J connectivity index is 2.39. The van der Waals surface area contributed by atoms with Gasteiger partial charge in [-0.15, -0.1) is 0 Å². The molecule has 0 spiro atoms. The van der Waals surface area contributed by atoms with Crippen LogP contribution in [-0.4, -0.2) is 13.0 Å². The van der Waals surface area contributed by atoms with E-state index < -0.39 is 34.7 Å². The molecule has 0 N–H and O–H groups in total. The van der Waals surface area contributed by atoms with E-state index in [2.05, 4.69) is 0 Å². The molecule has 1 amide bonds. The molecule has 0 saturated heterocycles. The van der Waals surface area contributed by atoms with Crippen molar-refractivity contribution >= 4 is 11.6 Å². The lowest BCUT2D eigenvalue weighted by molar-refractivity contribution is 0.0991. The fourth-order valence-electron chi connectivity index (χ4n) is 1.71. The third-order valence-electron chi connectivity index (χ3n) is 2.75. The van der Waals surface area contributed by atoms with Crippen molar-refractivity contribution in [3.63, 3.8) is 0 Å². The molecule has 0 radical (unpaired) electrons. The minimum absolute atomic E-state index is 0.0531. The van der Waals surface area contributed by atoms with Crippen LogP contribution in [0.2, 0.25) is 0 Å². The molecule has 0 aromatic heterocycles. The van der Waals surface area contributed by atoms with Crippen LogP contribution in [0.1, 0.15) is 10.4 Å². The van der Waals surface area contributed by atoms with Gasteiger partial charge in [0.2, 0.25) is 0 Å². The van der Waals surface area contributed by atoms with Crippen LogP contribution in [0.25, 0.3) is 0 Å². The fourth-order valence-corrected chi connectivity index (χ4v) is 1.71. The van der Waals surface area contributed by atoms with Gasteiger partial charge in [0.1, 0.15) is 5.82 Å². The van der Waals surface area contributed by atoms with Gasteiger partial charge in [0, 0.05) is 12.6 Å². The highest BCUT2D eigenvalue weighted by Gasteiger charge is 2.20. The second-order valence-electron chi connectivity index (χ2n) is 4.07. The van der Waals surface area contributed by atoms with Crippen LogP contribution in [0.3, 0.4) is 0 Å². The Kier molecular flexibility index (Phi) is 3.74. The van der Waals surface area contributed by atoms with Gasteiger partial charge < -0.3 is 4.90 Å². The number of carbonyl (C=O) groups excluding carboxylic acids is 1. The van der Waals surface area contributed by atoms with E-state index in [1.54, 1.807) is 0 Å². The van der Waals surface area contributed by atoms with E-state index in [0.717, 1.165) is 11.0 Å². The number of hydrogen-bond acceptors (Lipinski definition) is 1. The Morgan fingerprint density at radius 1 is 0.950 bits per heavy atom. The molecular weight excluding hydrogens is 274 g/mol. The summed E-state index contributed by atoms with van der Waals surface area (Å²) in [6.07, 6.45) is 0. The average Bonchev–Trinajstić information content (AvgIpc) is 2.43. The lowest BCUT2D eigenvalue weighted by Crippen LogP contribution is -2.27. The minimum atomic E-state index is -1.66. The Bertz CT molecular complexity index is 649. The lowest BCUT2D eigenvalue weighted by Gasteiger charge is -2.18. The quantitative estimate of drug-likeness (QED) is 0.610. The molecule has 0 fully saturated rings. The van der Waals surface area contributed by atoms with Gasteiger partial charge in [-0.25, -0.2) is 17.6 Å². The van der Waals surface area contributed by atoms with Gasteiger partial charge in [0.05, 0.1) is 5.69 Å². The number of benzene rings is 2. The van der Waals surface area contributed by atoms with Gasteiger partial charge in [-0.3, -0.25) is 4.79 Å². The molecule has 0 aliphatic carbocycles. The third kappa shape index (κ3) is 2.49. The van der Waals surface area contributed by atoms with E-state index in [9.17, 15) is 22.4 Å². The number of rotatable bonds is 2. The maximum absolute atomic E-state index is 13.5. The summed E-state index contributed by atoms with van der Waals surface area (Å²) in [5.74, 6) is -6.13. The summed E-state index contributed by atoms with van der Waals surface area (Å²) in [5.41, 5.74) is -0.463. The molecular formula is C14H9F4NO. The maximum Gasteiger partial charge on any atom is 0.258 e. The van der Waals surface area contributed by atoms with Crippen LogP contribution < -0.4 is 4.90 Å². The number of hydrogen-bond donors (Lipinski definition) is 0. The Labute approximate surface area is 112 Å². The molecule has 0 aliphatic rings. The summed E-state index contributed by atoms with van der Waals surface area (Å²) in [5, 5.41) is 0. The predicted molar refractivity (Wildman–Crippen MR) is 65.4 cm³/mol. The van der Waals surface area contributed by atoms with Crippen molar-refractivity contribution in [3.05, 3.63) is 65.2 Å². The molecule has 0 unspecified atom stereocenters. The zero-order valence-corrected chi connectivity index (χ0v) is 10.3. The standard InChI is InChI=1S/C14H9F4NO/c1-19(12-5-3-2-4-9(12)15)14(20)8-6-10(16)13(18)11(17)7-8/h2-7H,1H3. The minimum Gasteiger partial charge on any atom is -0.309 e. The first-order chi connectivity index (χ1) is 9.41. The Morgan fingerprint density at radius 3 is 2.05 bits per heavy atom. The van der Waals surface area contributed by atoms with Crippen molar-refractivity contribution in [1.82, 2.24) is 0 Å². The molecule has 6 heteroatoms. The first kappa shape index (κ1) is 14.0. The molecule has 104 valence electrons.